The van der Waals surface area contributed by atoms with Crippen LogP contribution in [0.4, 0.5) is 0 Å². The molecule has 0 bridgehead atoms. The zero-order valence-corrected chi connectivity index (χ0v) is 17.3. The number of hydrogen-bond donors (Lipinski definition) is 1. The molecule has 152 valence electrons. The Labute approximate surface area is 173 Å². The van der Waals surface area contributed by atoms with Crippen LogP contribution in [0.5, 0.6) is 5.75 Å². The molecule has 0 unspecified atom stereocenters. The molecule has 1 heterocycles. The number of benzene rings is 2. The highest BCUT2D eigenvalue weighted by Crippen LogP contribution is 2.17. The number of hydrogen-bond acceptors (Lipinski definition) is 5. The molecular formula is C21H24N4O3S. The van der Waals surface area contributed by atoms with Crippen LogP contribution in [0.25, 0.3) is 0 Å². The smallest absolute Gasteiger partial charge is 0.343 e. The van der Waals surface area contributed by atoms with Crippen LogP contribution < -0.4 is 10.4 Å². The first kappa shape index (κ1) is 20.7. The van der Waals surface area contributed by atoms with Crippen LogP contribution in [0.15, 0.2) is 64.5 Å². The molecule has 0 fully saturated rings. The van der Waals surface area contributed by atoms with Crippen LogP contribution in [0.2, 0.25) is 0 Å². The summed E-state index contributed by atoms with van der Waals surface area (Å²) in [5.41, 5.74) is 1.87. The Hall–Kier alpha value is -3.00. The number of aromatic amines is 1. The number of carbonyl (C=O) groups excluding carboxylic acids is 1. The fourth-order valence-corrected chi connectivity index (χ4v) is 3.78. The van der Waals surface area contributed by atoms with Crippen molar-refractivity contribution in [1.29, 1.82) is 0 Å². The number of carbonyl (C=O) groups is 1. The predicted molar refractivity (Wildman–Crippen MR) is 113 cm³/mol. The lowest BCUT2D eigenvalue weighted by molar-refractivity contribution is -0.127. The Morgan fingerprint density at radius 3 is 2.69 bits per heavy atom. The average Bonchev–Trinajstić information content (AvgIpc) is 3.10. The van der Waals surface area contributed by atoms with Gasteiger partial charge in [-0.3, -0.25) is 9.36 Å². The molecule has 0 aliphatic heterocycles. The molecule has 2 aromatic carbocycles. The van der Waals surface area contributed by atoms with Crippen molar-refractivity contribution < 1.29 is 9.53 Å². The summed E-state index contributed by atoms with van der Waals surface area (Å²) >= 11 is 1.26. The van der Waals surface area contributed by atoms with Gasteiger partial charge in [0.1, 0.15) is 5.75 Å². The van der Waals surface area contributed by atoms with E-state index in [9.17, 15) is 9.59 Å². The topological polar surface area (TPSA) is 80.2 Å². The van der Waals surface area contributed by atoms with Gasteiger partial charge in [-0.05, 0) is 29.7 Å². The van der Waals surface area contributed by atoms with Crippen molar-refractivity contribution in [3.05, 3.63) is 76.2 Å². The minimum atomic E-state index is -0.263. The van der Waals surface area contributed by atoms with E-state index in [0.717, 1.165) is 23.3 Å². The second-order valence-electron chi connectivity index (χ2n) is 6.59. The number of amides is 1. The first-order valence-corrected chi connectivity index (χ1v) is 10.2. The number of thioether (sulfide) groups is 1. The molecule has 1 N–H and O–H groups in total. The highest BCUT2D eigenvalue weighted by Gasteiger charge is 2.14. The van der Waals surface area contributed by atoms with Gasteiger partial charge < -0.3 is 9.64 Å². The van der Waals surface area contributed by atoms with Gasteiger partial charge >= 0.3 is 5.69 Å². The van der Waals surface area contributed by atoms with Crippen LogP contribution in [0.1, 0.15) is 11.1 Å². The van der Waals surface area contributed by atoms with E-state index >= 15 is 0 Å². The molecule has 0 aliphatic carbocycles. The van der Waals surface area contributed by atoms with Crippen molar-refractivity contribution in [2.75, 3.05) is 19.9 Å². The summed E-state index contributed by atoms with van der Waals surface area (Å²) in [5.74, 6) is 0.926. The molecule has 0 aliphatic rings. The number of ether oxygens (including phenoxy) is 1. The Bertz CT molecular complexity index is 1000. The van der Waals surface area contributed by atoms with E-state index in [4.69, 9.17) is 4.74 Å². The van der Waals surface area contributed by atoms with Crippen molar-refractivity contribution in [3.8, 4) is 5.75 Å². The Morgan fingerprint density at radius 2 is 1.93 bits per heavy atom. The Morgan fingerprint density at radius 1 is 1.17 bits per heavy atom. The predicted octanol–water partition coefficient (Wildman–Crippen LogP) is 2.57. The fourth-order valence-electron chi connectivity index (χ4n) is 2.87. The summed E-state index contributed by atoms with van der Waals surface area (Å²) in [4.78, 5) is 26.2. The molecule has 0 spiro atoms. The van der Waals surface area contributed by atoms with Gasteiger partial charge in [-0.15, -0.1) is 5.10 Å². The number of aromatic nitrogens is 3. The molecular weight excluding hydrogens is 388 g/mol. The van der Waals surface area contributed by atoms with E-state index in [-0.39, 0.29) is 17.3 Å². The van der Waals surface area contributed by atoms with Crippen molar-refractivity contribution >= 4 is 17.7 Å². The van der Waals surface area contributed by atoms with E-state index in [1.807, 2.05) is 54.6 Å². The summed E-state index contributed by atoms with van der Waals surface area (Å²) in [6, 6.07) is 17.6. The third kappa shape index (κ3) is 5.74. The Balaban J connectivity index is 1.56. The maximum atomic E-state index is 12.5. The molecule has 0 saturated heterocycles. The van der Waals surface area contributed by atoms with Gasteiger partial charge in [-0.25, -0.2) is 9.89 Å². The van der Waals surface area contributed by atoms with Gasteiger partial charge in [0.2, 0.25) is 5.91 Å². The molecule has 3 rings (SSSR count). The third-order valence-electron chi connectivity index (χ3n) is 4.49. The maximum Gasteiger partial charge on any atom is 0.343 e. The standard InChI is InChI=1S/C21H24N4O3S/c1-24(14-17-9-6-10-18(13-17)28-2)19(26)15-29-21-23-22-20(27)25(21)12-11-16-7-4-3-5-8-16/h3-10,13H,11-12,14-15H2,1-2H3,(H,22,27). The van der Waals surface area contributed by atoms with Crippen molar-refractivity contribution in [3.63, 3.8) is 0 Å². The van der Waals surface area contributed by atoms with Crippen LogP contribution in [0, 0.1) is 0 Å². The highest BCUT2D eigenvalue weighted by molar-refractivity contribution is 7.99. The van der Waals surface area contributed by atoms with E-state index in [1.54, 1.807) is 23.6 Å². The lowest BCUT2D eigenvalue weighted by Crippen LogP contribution is -2.28. The number of rotatable bonds is 9. The quantitative estimate of drug-likeness (QED) is 0.547. The molecule has 8 heteroatoms. The molecule has 0 radical (unpaired) electrons. The summed E-state index contributed by atoms with van der Waals surface area (Å²) in [7, 11) is 3.38. The average molecular weight is 413 g/mol. The zero-order chi connectivity index (χ0) is 20.6. The van der Waals surface area contributed by atoms with Crippen LogP contribution in [-0.4, -0.2) is 45.5 Å². The van der Waals surface area contributed by atoms with Crippen molar-refractivity contribution in [2.45, 2.75) is 24.7 Å². The summed E-state index contributed by atoms with van der Waals surface area (Å²) in [5, 5.41) is 7.07. The van der Waals surface area contributed by atoms with Crippen molar-refractivity contribution in [2.24, 2.45) is 0 Å². The summed E-state index contributed by atoms with van der Waals surface area (Å²) in [6.07, 6.45) is 0.720. The van der Waals surface area contributed by atoms with E-state index in [0.29, 0.717) is 18.2 Å². The number of methoxy groups -OCH3 is 1. The summed E-state index contributed by atoms with van der Waals surface area (Å²) in [6.45, 7) is 0.994. The maximum absolute atomic E-state index is 12.5. The zero-order valence-electron chi connectivity index (χ0n) is 16.5. The highest BCUT2D eigenvalue weighted by atomic mass is 32.2. The lowest BCUT2D eigenvalue weighted by atomic mass is 10.1. The largest absolute Gasteiger partial charge is 0.497 e. The molecule has 1 aromatic heterocycles. The van der Waals surface area contributed by atoms with Gasteiger partial charge in [-0.2, -0.15) is 0 Å². The van der Waals surface area contributed by atoms with Gasteiger partial charge in [0.25, 0.3) is 0 Å². The second-order valence-corrected chi connectivity index (χ2v) is 7.53. The van der Waals surface area contributed by atoms with Gasteiger partial charge in [-0.1, -0.05) is 54.2 Å². The minimum absolute atomic E-state index is 0.0390. The SMILES string of the molecule is COc1cccc(CN(C)C(=O)CSc2n[nH]c(=O)n2CCc2ccccc2)c1. The van der Waals surface area contributed by atoms with Gasteiger partial charge in [0, 0.05) is 20.1 Å². The molecule has 29 heavy (non-hydrogen) atoms. The third-order valence-corrected chi connectivity index (χ3v) is 5.46. The number of H-pyrrole nitrogens is 1. The van der Waals surface area contributed by atoms with Crippen LogP contribution in [0.3, 0.4) is 0 Å². The summed E-state index contributed by atoms with van der Waals surface area (Å²) < 4.78 is 6.80. The van der Waals surface area contributed by atoms with Crippen molar-refractivity contribution in [1.82, 2.24) is 19.7 Å². The monoisotopic (exact) mass is 412 g/mol. The van der Waals surface area contributed by atoms with E-state index in [1.165, 1.54) is 11.8 Å². The first-order valence-electron chi connectivity index (χ1n) is 9.25. The van der Waals surface area contributed by atoms with E-state index < -0.39 is 0 Å². The van der Waals surface area contributed by atoms with Crippen LogP contribution in [-0.2, 0) is 24.3 Å². The first-order chi connectivity index (χ1) is 14.1. The number of nitrogens with zero attached hydrogens (tertiary/aromatic N) is 3. The van der Waals surface area contributed by atoms with E-state index in [2.05, 4.69) is 10.2 Å². The molecule has 0 atom stereocenters. The number of aryl methyl sites for hydroxylation is 1. The fraction of sp³-hybridized carbons (Fsp3) is 0.286. The second kappa shape index (κ2) is 9.97. The molecule has 0 saturated carbocycles. The molecule has 1 amide bonds. The molecule has 3 aromatic rings. The Kier molecular flexibility index (Phi) is 7.13. The minimum Gasteiger partial charge on any atom is -0.497 e. The lowest BCUT2D eigenvalue weighted by Gasteiger charge is -2.17. The normalized spacial score (nSPS) is 10.7. The number of nitrogens with one attached hydrogen (secondary N) is 1. The molecule has 7 nitrogen and oxygen atoms in total. The van der Waals surface area contributed by atoms with Crippen LogP contribution >= 0.6 is 11.8 Å². The van der Waals surface area contributed by atoms with Gasteiger partial charge in [0.05, 0.1) is 12.9 Å². The van der Waals surface area contributed by atoms with Gasteiger partial charge in [0.15, 0.2) is 5.16 Å².